The molecule has 0 spiro atoms. The summed E-state index contributed by atoms with van der Waals surface area (Å²) in [6.07, 6.45) is 0.948. The second-order valence-electron chi connectivity index (χ2n) is 6.07. The number of aryl methyl sites for hydroxylation is 1. The lowest BCUT2D eigenvalue weighted by Crippen LogP contribution is -2.14. The van der Waals surface area contributed by atoms with Gasteiger partial charge in [-0.2, -0.15) is 0 Å². The van der Waals surface area contributed by atoms with E-state index in [1.807, 2.05) is 30.3 Å². The van der Waals surface area contributed by atoms with Crippen molar-refractivity contribution >= 4 is 28.9 Å². The lowest BCUT2D eigenvalue weighted by atomic mass is 10.1. The third-order valence-electron chi connectivity index (χ3n) is 4.06. The first-order chi connectivity index (χ1) is 13.0. The van der Waals surface area contributed by atoms with Gasteiger partial charge < -0.3 is 10.6 Å². The zero-order chi connectivity index (χ0) is 19.2. The highest BCUT2D eigenvalue weighted by molar-refractivity contribution is 6.02. The summed E-state index contributed by atoms with van der Waals surface area (Å²) in [5, 5.41) is 13.9. The molecule has 0 saturated heterocycles. The van der Waals surface area contributed by atoms with Crippen LogP contribution >= 0.6 is 0 Å². The van der Waals surface area contributed by atoms with Crippen molar-refractivity contribution in [2.24, 2.45) is 0 Å². The molecule has 0 atom stereocenters. The van der Waals surface area contributed by atoms with Crippen LogP contribution in [0.25, 0.3) is 0 Å². The van der Waals surface area contributed by atoms with Crippen molar-refractivity contribution in [1.29, 1.82) is 0 Å². The van der Waals surface area contributed by atoms with Crippen molar-refractivity contribution in [2.75, 3.05) is 10.6 Å². The minimum Gasteiger partial charge on any atom is -0.339 e. The number of rotatable bonds is 6. The number of amides is 1. The first-order valence-electron chi connectivity index (χ1n) is 8.67. The Hall–Kier alpha value is -3.54. The molecule has 136 valence electrons. The molecule has 1 heterocycles. The summed E-state index contributed by atoms with van der Waals surface area (Å²) < 4.78 is 0. The van der Waals surface area contributed by atoms with E-state index in [-0.39, 0.29) is 17.4 Å². The van der Waals surface area contributed by atoms with E-state index in [0.29, 0.717) is 17.1 Å². The average Bonchev–Trinajstić information content (AvgIpc) is 2.69. The van der Waals surface area contributed by atoms with Crippen LogP contribution in [0.4, 0.5) is 17.2 Å². The third kappa shape index (κ3) is 4.76. The van der Waals surface area contributed by atoms with Crippen LogP contribution in [0.1, 0.15) is 40.3 Å². The number of aromatic nitrogens is 2. The highest BCUT2D eigenvalue weighted by Gasteiger charge is 2.09. The molecule has 2 aromatic carbocycles. The van der Waals surface area contributed by atoms with Gasteiger partial charge in [-0.1, -0.05) is 31.2 Å². The number of hydrogen-bond acceptors (Lipinski definition) is 5. The normalized spacial score (nSPS) is 10.3. The number of anilines is 3. The van der Waals surface area contributed by atoms with Crippen molar-refractivity contribution in [1.82, 2.24) is 10.2 Å². The standard InChI is InChI=1S/C21H20N4O2/c1-3-15-7-9-17(10-8-15)23-21(27)19-11-12-20(25-24-19)22-18-6-4-5-16(13-18)14(2)26/h4-13H,3H2,1-2H3,(H,22,25)(H,23,27). The van der Waals surface area contributed by atoms with E-state index in [2.05, 4.69) is 27.8 Å². The lowest BCUT2D eigenvalue weighted by Gasteiger charge is -2.08. The van der Waals surface area contributed by atoms with Gasteiger partial charge in [0.1, 0.15) is 0 Å². The quantitative estimate of drug-likeness (QED) is 0.643. The maximum absolute atomic E-state index is 12.3. The van der Waals surface area contributed by atoms with E-state index in [9.17, 15) is 9.59 Å². The molecule has 1 aromatic heterocycles. The molecule has 1 amide bonds. The van der Waals surface area contributed by atoms with E-state index < -0.39 is 0 Å². The van der Waals surface area contributed by atoms with Gasteiger partial charge in [0.15, 0.2) is 17.3 Å². The molecule has 3 aromatic rings. The molecule has 0 saturated carbocycles. The second kappa shape index (κ2) is 8.23. The maximum Gasteiger partial charge on any atom is 0.276 e. The fourth-order valence-electron chi connectivity index (χ4n) is 2.50. The molecule has 2 N–H and O–H groups in total. The van der Waals surface area contributed by atoms with Crippen LogP contribution in [0, 0.1) is 0 Å². The molecular weight excluding hydrogens is 340 g/mol. The van der Waals surface area contributed by atoms with E-state index in [1.165, 1.54) is 12.5 Å². The maximum atomic E-state index is 12.3. The molecule has 0 bridgehead atoms. The summed E-state index contributed by atoms with van der Waals surface area (Å²) in [5.74, 6) is 0.153. The topological polar surface area (TPSA) is 84.0 Å². The minimum atomic E-state index is -0.322. The Kier molecular flexibility index (Phi) is 5.56. The van der Waals surface area contributed by atoms with Crippen LogP contribution < -0.4 is 10.6 Å². The number of nitrogens with zero attached hydrogens (tertiary/aromatic N) is 2. The van der Waals surface area contributed by atoms with Gasteiger partial charge in [-0.15, -0.1) is 10.2 Å². The molecule has 6 heteroatoms. The molecule has 0 fully saturated rings. The van der Waals surface area contributed by atoms with Gasteiger partial charge in [0.2, 0.25) is 0 Å². The molecule has 27 heavy (non-hydrogen) atoms. The first kappa shape index (κ1) is 18.3. The Balaban J connectivity index is 1.66. The van der Waals surface area contributed by atoms with Crippen molar-refractivity contribution in [3.63, 3.8) is 0 Å². The molecule has 0 radical (unpaired) electrons. The van der Waals surface area contributed by atoms with Gasteiger partial charge in [0.05, 0.1) is 0 Å². The van der Waals surface area contributed by atoms with Crippen LogP contribution in [0.15, 0.2) is 60.7 Å². The molecule has 0 unspecified atom stereocenters. The fraction of sp³-hybridized carbons (Fsp3) is 0.143. The number of nitrogens with one attached hydrogen (secondary N) is 2. The molecule has 3 rings (SSSR count). The van der Waals surface area contributed by atoms with Gasteiger partial charge >= 0.3 is 0 Å². The highest BCUT2D eigenvalue weighted by atomic mass is 16.2. The third-order valence-corrected chi connectivity index (χ3v) is 4.06. The molecule has 0 aliphatic rings. The summed E-state index contributed by atoms with van der Waals surface area (Å²) in [6, 6.07) is 18.1. The van der Waals surface area contributed by atoms with Crippen LogP contribution in [0.2, 0.25) is 0 Å². The summed E-state index contributed by atoms with van der Waals surface area (Å²) in [7, 11) is 0. The minimum absolute atomic E-state index is 0.0104. The number of hydrogen-bond donors (Lipinski definition) is 2. The predicted molar refractivity (Wildman–Crippen MR) is 106 cm³/mol. The average molecular weight is 360 g/mol. The largest absolute Gasteiger partial charge is 0.339 e. The molecule has 0 aliphatic carbocycles. The number of carbonyl (C=O) groups is 2. The van der Waals surface area contributed by atoms with Crippen LogP contribution in [-0.2, 0) is 6.42 Å². The van der Waals surface area contributed by atoms with Crippen molar-refractivity contribution in [3.8, 4) is 0 Å². The molecule has 0 aliphatic heterocycles. The van der Waals surface area contributed by atoms with Gasteiger partial charge in [-0.3, -0.25) is 9.59 Å². The van der Waals surface area contributed by atoms with Crippen LogP contribution in [0.5, 0.6) is 0 Å². The van der Waals surface area contributed by atoms with E-state index in [1.54, 1.807) is 30.3 Å². The van der Waals surface area contributed by atoms with Crippen molar-refractivity contribution in [2.45, 2.75) is 20.3 Å². The Morgan fingerprint density at radius 1 is 0.926 bits per heavy atom. The SMILES string of the molecule is CCc1ccc(NC(=O)c2ccc(Nc3cccc(C(C)=O)c3)nn2)cc1. The number of benzene rings is 2. The van der Waals surface area contributed by atoms with Crippen molar-refractivity contribution < 1.29 is 9.59 Å². The predicted octanol–water partition coefficient (Wildman–Crippen LogP) is 4.24. The highest BCUT2D eigenvalue weighted by Crippen LogP contribution is 2.16. The Morgan fingerprint density at radius 3 is 2.33 bits per heavy atom. The summed E-state index contributed by atoms with van der Waals surface area (Å²) >= 11 is 0. The zero-order valence-corrected chi connectivity index (χ0v) is 15.2. The monoisotopic (exact) mass is 360 g/mol. The van der Waals surface area contributed by atoms with E-state index in [0.717, 1.165) is 12.1 Å². The summed E-state index contributed by atoms with van der Waals surface area (Å²) in [5.41, 5.74) is 3.47. The lowest BCUT2D eigenvalue weighted by molar-refractivity contribution is 0.101. The Morgan fingerprint density at radius 2 is 1.70 bits per heavy atom. The van der Waals surface area contributed by atoms with E-state index >= 15 is 0 Å². The van der Waals surface area contributed by atoms with Crippen LogP contribution in [0.3, 0.4) is 0 Å². The van der Waals surface area contributed by atoms with Crippen LogP contribution in [-0.4, -0.2) is 21.9 Å². The Labute approximate surface area is 157 Å². The second-order valence-corrected chi connectivity index (χ2v) is 6.07. The fourth-order valence-corrected chi connectivity index (χ4v) is 2.50. The smallest absolute Gasteiger partial charge is 0.276 e. The van der Waals surface area contributed by atoms with E-state index in [4.69, 9.17) is 0 Å². The zero-order valence-electron chi connectivity index (χ0n) is 15.2. The molecular formula is C21H20N4O2. The first-order valence-corrected chi connectivity index (χ1v) is 8.67. The number of ketones is 1. The summed E-state index contributed by atoms with van der Waals surface area (Å²) in [4.78, 5) is 23.7. The van der Waals surface area contributed by atoms with Gasteiger partial charge in [-0.25, -0.2) is 0 Å². The van der Waals surface area contributed by atoms with Gasteiger partial charge in [0.25, 0.3) is 5.91 Å². The number of carbonyl (C=O) groups excluding carboxylic acids is 2. The molecule has 6 nitrogen and oxygen atoms in total. The van der Waals surface area contributed by atoms with Gasteiger partial charge in [-0.05, 0) is 55.3 Å². The Bertz CT molecular complexity index is 951. The summed E-state index contributed by atoms with van der Waals surface area (Å²) in [6.45, 7) is 3.59. The number of Topliss-reactive ketones (excluding diaryl/α,β-unsaturated/α-hetero) is 1. The van der Waals surface area contributed by atoms with Gasteiger partial charge in [0, 0.05) is 16.9 Å². The van der Waals surface area contributed by atoms with Crippen molar-refractivity contribution in [3.05, 3.63) is 77.5 Å².